The number of methoxy groups -OCH3 is 1. The van der Waals surface area contributed by atoms with E-state index in [0.717, 1.165) is 56.2 Å². The zero-order valence-electron chi connectivity index (χ0n) is 16.9. The van der Waals surface area contributed by atoms with Crippen LogP contribution in [0.1, 0.15) is 31.0 Å². The summed E-state index contributed by atoms with van der Waals surface area (Å²) in [5.74, 6) is 0.767. The first-order chi connectivity index (χ1) is 13.7. The second-order valence-corrected chi connectivity index (χ2v) is 6.85. The molecule has 1 aromatic heterocycles. The van der Waals surface area contributed by atoms with Crippen molar-refractivity contribution in [2.45, 2.75) is 38.9 Å². The molecule has 0 bridgehead atoms. The Labute approximate surface area is 188 Å². The highest BCUT2D eigenvalue weighted by Gasteiger charge is 2.20. The number of likely N-dealkylation sites (tertiary alicyclic amines) is 1. The van der Waals surface area contributed by atoms with E-state index in [1.807, 2.05) is 19.1 Å². The number of ether oxygens (including phenoxy) is 1. The van der Waals surface area contributed by atoms with E-state index in [9.17, 15) is 4.39 Å². The molecule has 1 saturated heterocycles. The van der Waals surface area contributed by atoms with Crippen molar-refractivity contribution < 1.29 is 13.7 Å². The molecule has 2 heterocycles. The summed E-state index contributed by atoms with van der Waals surface area (Å²) >= 11 is 0. The van der Waals surface area contributed by atoms with Crippen molar-refractivity contribution in [1.82, 2.24) is 20.7 Å². The topological polar surface area (TPSA) is 74.9 Å². The lowest BCUT2D eigenvalue weighted by Crippen LogP contribution is -2.48. The minimum Gasteiger partial charge on any atom is -0.494 e. The van der Waals surface area contributed by atoms with Crippen LogP contribution in [0.2, 0.25) is 0 Å². The van der Waals surface area contributed by atoms with Crippen LogP contribution in [-0.4, -0.2) is 48.8 Å². The number of nitrogens with zero attached hydrogens (tertiary/aromatic N) is 3. The Hall–Kier alpha value is -1.88. The Morgan fingerprint density at radius 1 is 1.34 bits per heavy atom. The molecule has 9 heteroatoms. The molecule has 1 aliphatic heterocycles. The number of benzene rings is 1. The highest BCUT2D eigenvalue weighted by Crippen LogP contribution is 2.20. The van der Waals surface area contributed by atoms with Crippen LogP contribution in [0, 0.1) is 5.82 Å². The first-order valence-corrected chi connectivity index (χ1v) is 9.66. The van der Waals surface area contributed by atoms with Gasteiger partial charge in [0.2, 0.25) is 0 Å². The average molecular weight is 517 g/mol. The molecule has 0 unspecified atom stereocenters. The first kappa shape index (κ1) is 23.4. The zero-order valence-corrected chi connectivity index (χ0v) is 19.2. The molecule has 1 fully saturated rings. The minimum atomic E-state index is -0.310. The summed E-state index contributed by atoms with van der Waals surface area (Å²) in [6.45, 7) is 5.97. The molecule has 2 aromatic rings. The lowest BCUT2D eigenvalue weighted by Gasteiger charge is -2.33. The van der Waals surface area contributed by atoms with Crippen LogP contribution in [0.4, 0.5) is 4.39 Å². The number of hydrogen-bond acceptors (Lipinski definition) is 5. The molecule has 160 valence electrons. The van der Waals surface area contributed by atoms with Gasteiger partial charge in [-0.05, 0) is 37.5 Å². The van der Waals surface area contributed by atoms with Crippen LogP contribution in [0.3, 0.4) is 0 Å². The monoisotopic (exact) mass is 517 g/mol. The summed E-state index contributed by atoms with van der Waals surface area (Å²) in [5, 5.41) is 10.7. The molecule has 0 atom stereocenters. The van der Waals surface area contributed by atoms with Crippen LogP contribution in [0.25, 0.3) is 0 Å². The van der Waals surface area contributed by atoms with Crippen molar-refractivity contribution in [3.05, 3.63) is 47.6 Å². The summed E-state index contributed by atoms with van der Waals surface area (Å²) < 4.78 is 23.7. The van der Waals surface area contributed by atoms with Gasteiger partial charge in [-0.3, -0.25) is 4.90 Å². The highest BCUT2D eigenvalue weighted by molar-refractivity contribution is 14.0. The zero-order chi connectivity index (χ0) is 19.8. The summed E-state index contributed by atoms with van der Waals surface area (Å²) in [5.41, 5.74) is 1.77. The maximum Gasteiger partial charge on any atom is 0.191 e. The lowest BCUT2D eigenvalue weighted by molar-refractivity contribution is 0.198. The summed E-state index contributed by atoms with van der Waals surface area (Å²) in [7, 11) is 1.48. The minimum absolute atomic E-state index is 0. The molecular formula is C20H29FIN5O2. The molecular weight excluding hydrogens is 488 g/mol. The number of nitrogens with one attached hydrogen (secondary N) is 2. The van der Waals surface area contributed by atoms with Crippen LogP contribution in [-0.2, 0) is 13.1 Å². The summed E-state index contributed by atoms with van der Waals surface area (Å²) in [4.78, 5) is 6.91. The molecule has 0 spiro atoms. The number of guanidine groups is 1. The van der Waals surface area contributed by atoms with Gasteiger partial charge in [0.05, 0.1) is 13.7 Å². The Morgan fingerprint density at radius 3 is 2.76 bits per heavy atom. The van der Waals surface area contributed by atoms with E-state index < -0.39 is 0 Å². The predicted octanol–water partition coefficient (Wildman–Crippen LogP) is 3.16. The maximum absolute atomic E-state index is 13.9. The van der Waals surface area contributed by atoms with Crippen LogP contribution >= 0.6 is 24.0 Å². The molecule has 2 N–H and O–H groups in total. The number of aromatic nitrogens is 1. The number of halogens is 2. The van der Waals surface area contributed by atoms with Gasteiger partial charge in [0.15, 0.2) is 17.5 Å². The van der Waals surface area contributed by atoms with E-state index in [-0.39, 0.29) is 35.5 Å². The fraction of sp³-hybridized carbons (Fsp3) is 0.500. The quantitative estimate of drug-likeness (QED) is 0.334. The molecule has 1 aromatic carbocycles. The third-order valence-electron chi connectivity index (χ3n) is 4.79. The normalized spacial score (nSPS) is 15.6. The van der Waals surface area contributed by atoms with E-state index in [0.29, 0.717) is 12.6 Å². The highest BCUT2D eigenvalue weighted by atomic mass is 127. The molecule has 0 aliphatic carbocycles. The van der Waals surface area contributed by atoms with E-state index in [1.165, 1.54) is 7.11 Å². The van der Waals surface area contributed by atoms with Crippen LogP contribution in [0.15, 0.2) is 40.0 Å². The Balaban J connectivity index is 0.00000300. The summed E-state index contributed by atoms with van der Waals surface area (Å²) in [6, 6.07) is 7.34. The molecule has 7 nitrogen and oxygen atoms in total. The summed E-state index contributed by atoms with van der Waals surface area (Å²) in [6.07, 6.45) is 3.57. The SMILES string of the molecule is CCNC(=NCc1ccon1)NC1CCN(Cc2ccc(OC)c(F)c2)CC1.I. The van der Waals surface area contributed by atoms with Crippen LogP contribution in [0.5, 0.6) is 5.75 Å². The van der Waals surface area contributed by atoms with Gasteiger partial charge in [0, 0.05) is 38.3 Å². The second kappa shape index (κ2) is 12.0. The van der Waals surface area contributed by atoms with Gasteiger partial charge >= 0.3 is 0 Å². The van der Waals surface area contributed by atoms with E-state index in [1.54, 1.807) is 18.4 Å². The third-order valence-corrected chi connectivity index (χ3v) is 4.79. The van der Waals surface area contributed by atoms with Crippen molar-refractivity contribution in [1.29, 1.82) is 0 Å². The van der Waals surface area contributed by atoms with Crippen molar-refractivity contribution in [3.8, 4) is 5.75 Å². The molecule has 1 aliphatic rings. The van der Waals surface area contributed by atoms with Crippen molar-refractivity contribution in [2.75, 3.05) is 26.7 Å². The standard InChI is InChI=1S/C20H28FN5O2.HI/c1-3-22-20(23-13-17-8-11-28-25-17)24-16-6-9-26(10-7-16)14-15-4-5-19(27-2)18(21)12-15;/h4-5,8,11-12,16H,3,6-7,9-10,13-14H2,1-2H3,(H2,22,23,24);1H. The van der Waals surface area contributed by atoms with Crippen molar-refractivity contribution >= 4 is 29.9 Å². The van der Waals surface area contributed by atoms with Crippen LogP contribution < -0.4 is 15.4 Å². The number of piperidine rings is 1. The van der Waals surface area contributed by atoms with E-state index >= 15 is 0 Å². The fourth-order valence-corrected chi connectivity index (χ4v) is 3.29. The molecule has 0 saturated carbocycles. The molecule has 29 heavy (non-hydrogen) atoms. The van der Waals surface area contributed by atoms with E-state index in [2.05, 4.69) is 25.7 Å². The Kier molecular flexibility index (Phi) is 9.65. The molecule has 3 rings (SSSR count). The van der Waals surface area contributed by atoms with Gasteiger partial charge < -0.3 is 19.9 Å². The van der Waals surface area contributed by atoms with E-state index in [4.69, 9.17) is 9.26 Å². The number of aliphatic imine (C=N–C) groups is 1. The maximum atomic E-state index is 13.9. The van der Waals surface area contributed by atoms with Crippen molar-refractivity contribution in [2.24, 2.45) is 4.99 Å². The number of hydrogen-bond donors (Lipinski definition) is 2. The third kappa shape index (κ3) is 7.14. The van der Waals surface area contributed by atoms with Gasteiger partial charge in [-0.25, -0.2) is 9.38 Å². The largest absolute Gasteiger partial charge is 0.494 e. The Bertz CT molecular complexity index is 764. The van der Waals surface area contributed by atoms with Gasteiger partial charge in [0.25, 0.3) is 0 Å². The first-order valence-electron chi connectivity index (χ1n) is 9.66. The molecule has 0 amide bonds. The average Bonchev–Trinajstić information content (AvgIpc) is 3.22. The fourth-order valence-electron chi connectivity index (χ4n) is 3.29. The predicted molar refractivity (Wildman–Crippen MR) is 121 cm³/mol. The lowest BCUT2D eigenvalue weighted by atomic mass is 10.0. The van der Waals surface area contributed by atoms with Gasteiger partial charge in [-0.2, -0.15) is 0 Å². The van der Waals surface area contributed by atoms with Gasteiger partial charge in [0.1, 0.15) is 12.0 Å². The van der Waals surface area contributed by atoms with Gasteiger partial charge in [-0.15, -0.1) is 24.0 Å². The Morgan fingerprint density at radius 2 is 2.14 bits per heavy atom. The molecule has 0 radical (unpaired) electrons. The smallest absolute Gasteiger partial charge is 0.191 e. The van der Waals surface area contributed by atoms with Gasteiger partial charge in [-0.1, -0.05) is 11.2 Å². The number of rotatable bonds is 7. The second-order valence-electron chi connectivity index (χ2n) is 6.85. The van der Waals surface area contributed by atoms with Crippen molar-refractivity contribution in [3.63, 3.8) is 0 Å².